The van der Waals surface area contributed by atoms with Crippen molar-refractivity contribution < 1.29 is 13.3 Å². The van der Waals surface area contributed by atoms with E-state index in [1.807, 2.05) is 0 Å². The highest BCUT2D eigenvalue weighted by Crippen LogP contribution is 2.29. The third-order valence-corrected chi connectivity index (χ3v) is 7.68. The first-order chi connectivity index (χ1) is 16.2. The lowest BCUT2D eigenvalue weighted by Gasteiger charge is -2.26. The summed E-state index contributed by atoms with van der Waals surface area (Å²) in [6.07, 6.45) is 5.56. The van der Waals surface area contributed by atoms with Gasteiger partial charge in [0.25, 0.3) is 5.69 Å². The minimum atomic E-state index is -3.86. The molecule has 34 heavy (non-hydrogen) atoms. The zero-order valence-electron chi connectivity index (χ0n) is 18.9. The number of nitrogens with one attached hydrogen (secondary N) is 2. The van der Waals surface area contributed by atoms with Gasteiger partial charge in [0.2, 0.25) is 10.0 Å². The van der Waals surface area contributed by atoms with Crippen LogP contribution < -0.4 is 15.7 Å². The summed E-state index contributed by atoms with van der Waals surface area (Å²) in [5.41, 5.74) is 0.197. The summed E-state index contributed by atoms with van der Waals surface area (Å²) in [7, 11) is -3.86. The Labute approximate surface area is 197 Å². The number of nitrogens with zero attached hydrogens (tertiary/aromatic N) is 4. The van der Waals surface area contributed by atoms with Gasteiger partial charge in [-0.25, -0.2) is 22.6 Å². The number of benzene rings is 1. The average Bonchev–Trinajstić information content (AvgIpc) is 3.13. The van der Waals surface area contributed by atoms with E-state index in [9.17, 15) is 23.3 Å². The molecule has 0 saturated heterocycles. The van der Waals surface area contributed by atoms with Crippen LogP contribution in [0.5, 0.6) is 0 Å². The molecule has 3 aromatic rings. The fraction of sp³-hybridized carbons (Fsp3) is 0.455. The molecule has 4 rings (SSSR count). The highest BCUT2D eigenvalue weighted by molar-refractivity contribution is 7.89. The van der Waals surface area contributed by atoms with Crippen LogP contribution in [0.15, 0.2) is 52.3 Å². The summed E-state index contributed by atoms with van der Waals surface area (Å²) in [6, 6.07) is 8.99. The summed E-state index contributed by atoms with van der Waals surface area (Å²) < 4.78 is 31.1. The molecular weight excluding hydrogens is 460 g/mol. The van der Waals surface area contributed by atoms with E-state index in [2.05, 4.69) is 22.1 Å². The van der Waals surface area contributed by atoms with Crippen LogP contribution in [0.4, 0.5) is 11.4 Å². The monoisotopic (exact) mass is 488 g/mol. The molecular formula is C22H28N6O5S. The van der Waals surface area contributed by atoms with Crippen LogP contribution in [0.25, 0.3) is 5.65 Å². The second kappa shape index (κ2) is 9.94. The molecule has 1 fully saturated rings. The Kier molecular flexibility index (Phi) is 6.98. The lowest BCUT2D eigenvalue weighted by Crippen LogP contribution is -2.37. The van der Waals surface area contributed by atoms with Crippen molar-refractivity contribution in [2.45, 2.75) is 56.5 Å². The van der Waals surface area contributed by atoms with Crippen LogP contribution in [0.1, 0.15) is 39.0 Å². The van der Waals surface area contributed by atoms with E-state index in [0.29, 0.717) is 31.1 Å². The number of hydrogen-bond donors (Lipinski definition) is 2. The van der Waals surface area contributed by atoms with Gasteiger partial charge in [0.15, 0.2) is 5.65 Å². The molecule has 12 heteroatoms. The second-order valence-electron chi connectivity index (χ2n) is 8.73. The predicted molar refractivity (Wildman–Crippen MR) is 127 cm³/mol. The molecule has 0 spiro atoms. The molecule has 1 aliphatic carbocycles. The topological polar surface area (TPSA) is 141 Å². The van der Waals surface area contributed by atoms with Crippen molar-refractivity contribution in [1.29, 1.82) is 0 Å². The molecule has 2 N–H and O–H groups in total. The number of nitro groups is 1. The van der Waals surface area contributed by atoms with Crippen LogP contribution in [-0.2, 0) is 16.6 Å². The Morgan fingerprint density at radius 2 is 1.94 bits per heavy atom. The van der Waals surface area contributed by atoms with Crippen molar-refractivity contribution >= 4 is 27.0 Å². The molecule has 182 valence electrons. The number of aryl methyl sites for hydroxylation is 1. The fourth-order valence-corrected chi connectivity index (χ4v) is 5.53. The summed E-state index contributed by atoms with van der Waals surface area (Å²) in [4.78, 5) is 23.2. The minimum absolute atomic E-state index is 0.125. The van der Waals surface area contributed by atoms with E-state index < -0.39 is 14.9 Å². The van der Waals surface area contributed by atoms with E-state index in [0.717, 1.165) is 31.7 Å². The molecule has 11 nitrogen and oxygen atoms in total. The first-order valence-electron chi connectivity index (χ1n) is 11.3. The van der Waals surface area contributed by atoms with Crippen molar-refractivity contribution in [3.05, 3.63) is 63.2 Å². The maximum Gasteiger partial charge on any atom is 0.350 e. The van der Waals surface area contributed by atoms with Crippen LogP contribution in [0, 0.1) is 16.0 Å². The molecule has 0 radical (unpaired) electrons. The first kappa shape index (κ1) is 23.9. The molecule has 0 amide bonds. The number of aromatic nitrogens is 3. The molecule has 2 heterocycles. The standard InChI is InChI=1S/C22H28N6O5S/c1-16-6-8-17(9-7-16)25-34(32,33)18-10-11-19(20(15-18)28(30)31)23-12-4-14-27-22(29)26-13-3-2-5-21(26)24-27/h2-3,5,10-11,13,15-17,23,25H,4,6-9,12,14H2,1H3. The van der Waals surface area contributed by atoms with Gasteiger partial charge in [-0.15, -0.1) is 5.10 Å². The van der Waals surface area contributed by atoms with Gasteiger partial charge in [-0.3, -0.25) is 14.5 Å². The quantitative estimate of drug-likeness (QED) is 0.268. The van der Waals surface area contributed by atoms with Gasteiger partial charge in [-0.05, 0) is 62.3 Å². The van der Waals surface area contributed by atoms with Crippen molar-refractivity contribution in [1.82, 2.24) is 18.9 Å². The number of hydrogen-bond acceptors (Lipinski definition) is 7. The molecule has 0 bridgehead atoms. The van der Waals surface area contributed by atoms with E-state index in [4.69, 9.17) is 0 Å². The van der Waals surface area contributed by atoms with Gasteiger partial charge < -0.3 is 5.32 Å². The number of nitro benzene ring substituents is 1. The SMILES string of the molecule is CC1CCC(NS(=O)(=O)c2ccc(NCCCn3nc4ccccn4c3=O)c([N+](=O)[O-])c2)CC1. The van der Waals surface area contributed by atoms with E-state index in [1.165, 1.54) is 21.2 Å². The van der Waals surface area contributed by atoms with Gasteiger partial charge in [0, 0.05) is 31.4 Å². The lowest BCUT2D eigenvalue weighted by molar-refractivity contribution is -0.384. The zero-order valence-corrected chi connectivity index (χ0v) is 19.7. The van der Waals surface area contributed by atoms with Gasteiger partial charge in [0.05, 0.1) is 9.82 Å². The number of pyridine rings is 1. The van der Waals surface area contributed by atoms with Crippen molar-refractivity contribution in [2.75, 3.05) is 11.9 Å². The van der Waals surface area contributed by atoms with Crippen molar-refractivity contribution in [2.24, 2.45) is 5.92 Å². The number of fused-ring (bicyclic) bond motifs is 1. The second-order valence-corrected chi connectivity index (χ2v) is 10.4. The molecule has 0 unspecified atom stereocenters. The van der Waals surface area contributed by atoms with Crippen LogP contribution in [0.2, 0.25) is 0 Å². The third kappa shape index (κ3) is 5.28. The van der Waals surface area contributed by atoms with Crippen molar-refractivity contribution in [3.8, 4) is 0 Å². The Morgan fingerprint density at radius 3 is 2.65 bits per heavy atom. The van der Waals surface area contributed by atoms with Crippen LogP contribution in [0.3, 0.4) is 0 Å². The highest BCUT2D eigenvalue weighted by Gasteiger charge is 2.26. The Morgan fingerprint density at radius 1 is 1.18 bits per heavy atom. The Bertz CT molecular complexity index is 1340. The summed E-state index contributed by atoms with van der Waals surface area (Å²) >= 11 is 0. The fourth-order valence-electron chi connectivity index (χ4n) is 4.21. The third-order valence-electron chi connectivity index (χ3n) is 6.16. The summed E-state index contributed by atoms with van der Waals surface area (Å²) in [5.74, 6) is 0.582. The highest BCUT2D eigenvalue weighted by atomic mass is 32.2. The van der Waals surface area contributed by atoms with E-state index in [-0.39, 0.29) is 28.0 Å². The predicted octanol–water partition coefficient (Wildman–Crippen LogP) is 2.76. The van der Waals surface area contributed by atoms with Gasteiger partial charge in [-0.1, -0.05) is 13.0 Å². The van der Waals surface area contributed by atoms with Crippen molar-refractivity contribution in [3.63, 3.8) is 0 Å². The van der Waals surface area contributed by atoms with Gasteiger partial charge in [0.1, 0.15) is 5.69 Å². The van der Waals surface area contributed by atoms with Crippen LogP contribution in [-0.4, -0.2) is 40.1 Å². The maximum atomic E-state index is 12.8. The van der Waals surface area contributed by atoms with E-state index >= 15 is 0 Å². The number of anilines is 1. The Balaban J connectivity index is 1.40. The molecule has 1 aromatic carbocycles. The van der Waals surface area contributed by atoms with Crippen LogP contribution >= 0.6 is 0 Å². The van der Waals surface area contributed by atoms with E-state index in [1.54, 1.807) is 24.4 Å². The zero-order chi connectivity index (χ0) is 24.3. The minimum Gasteiger partial charge on any atom is -0.379 e. The van der Waals surface area contributed by atoms with Gasteiger partial charge in [-0.2, -0.15) is 0 Å². The smallest absolute Gasteiger partial charge is 0.350 e. The number of sulfonamides is 1. The molecule has 1 aliphatic rings. The maximum absolute atomic E-state index is 12.8. The number of rotatable bonds is 9. The average molecular weight is 489 g/mol. The summed E-state index contributed by atoms with van der Waals surface area (Å²) in [6.45, 7) is 2.82. The lowest BCUT2D eigenvalue weighted by atomic mass is 9.88. The normalized spacial score (nSPS) is 18.7. The molecule has 1 saturated carbocycles. The van der Waals surface area contributed by atoms with Gasteiger partial charge >= 0.3 is 5.69 Å². The molecule has 0 aliphatic heterocycles. The summed E-state index contributed by atoms with van der Waals surface area (Å²) in [5, 5.41) is 18.8. The molecule has 0 atom stereocenters. The first-order valence-corrected chi connectivity index (χ1v) is 12.8. The Hall–Kier alpha value is -3.25. The largest absolute Gasteiger partial charge is 0.379 e. The molecule has 2 aromatic heterocycles.